The monoisotopic (exact) mass is 226 g/mol. The minimum absolute atomic E-state index is 0.100. The fourth-order valence-electron chi connectivity index (χ4n) is 2.06. The molecular formula is C11H18N2OS. The summed E-state index contributed by atoms with van der Waals surface area (Å²) in [6.07, 6.45) is 3.95. The van der Waals surface area contributed by atoms with Gasteiger partial charge < -0.3 is 10.5 Å². The number of thiazole rings is 1. The first-order valence-electron chi connectivity index (χ1n) is 5.46. The van der Waals surface area contributed by atoms with Gasteiger partial charge in [-0.3, -0.25) is 0 Å². The predicted molar refractivity (Wildman–Crippen MR) is 62.1 cm³/mol. The molecular weight excluding hydrogens is 208 g/mol. The van der Waals surface area contributed by atoms with E-state index in [1.54, 1.807) is 11.3 Å². The third kappa shape index (κ3) is 3.00. The van der Waals surface area contributed by atoms with Crippen LogP contribution < -0.4 is 5.73 Å². The van der Waals surface area contributed by atoms with E-state index in [-0.39, 0.29) is 5.54 Å². The van der Waals surface area contributed by atoms with E-state index < -0.39 is 0 Å². The fraction of sp³-hybridized carbons (Fsp3) is 0.727. The number of rotatable bonds is 2. The van der Waals surface area contributed by atoms with E-state index in [0.29, 0.717) is 0 Å². The molecule has 15 heavy (non-hydrogen) atoms. The van der Waals surface area contributed by atoms with Crippen LogP contribution >= 0.6 is 11.3 Å². The standard InChI is InChI=1S/C11H18N2OS/c1-9-13-10(8-15-9)7-11(12)3-2-5-14-6-4-11/h8H,2-7,12H2,1H3. The molecule has 0 amide bonds. The van der Waals surface area contributed by atoms with Crippen LogP contribution in [0.5, 0.6) is 0 Å². The Kier molecular flexibility index (Phi) is 3.38. The van der Waals surface area contributed by atoms with Gasteiger partial charge in [0.2, 0.25) is 0 Å². The Balaban J connectivity index is 2.02. The highest BCUT2D eigenvalue weighted by atomic mass is 32.1. The molecule has 4 heteroatoms. The average Bonchev–Trinajstić information content (AvgIpc) is 2.46. The smallest absolute Gasteiger partial charge is 0.0897 e. The van der Waals surface area contributed by atoms with Gasteiger partial charge in [0.05, 0.1) is 10.7 Å². The van der Waals surface area contributed by atoms with Gasteiger partial charge in [-0.1, -0.05) is 0 Å². The lowest BCUT2D eigenvalue weighted by Crippen LogP contribution is -2.42. The average molecular weight is 226 g/mol. The van der Waals surface area contributed by atoms with E-state index in [9.17, 15) is 0 Å². The third-order valence-corrected chi connectivity index (χ3v) is 3.73. The molecule has 0 aromatic carbocycles. The number of aromatic nitrogens is 1. The van der Waals surface area contributed by atoms with Crippen molar-refractivity contribution in [1.82, 2.24) is 4.98 Å². The number of aryl methyl sites for hydroxylation is 1. The van der Waals surface area contributed by atoms with Crippen LogP contribution in [-0.2, 0) is 11.2 Å². The maximum atomic E-state index is 6.38. The van der Waals surface area contributed by atoms with Crippen molar-refractivity contribution in [3.8, 4) is 0 Å². The first kappa shape index (κ1) is 11.0. The minimum Gasteiger partial charge on any atom is -0.381 e. The van der Waals surface area contributed by atoms with Crippen LogP contribution in [0.15, 0.2) is 5.38 Å². The molecule has 2 heterocycles. The van der Waals surface area contributed by atoms with Crippen LogP contribution in [0.1, 0.15) is 30.0 Å². The van der Waals surface area contributed by atoms with E-state index in [1.807, 2.05) is 6.92 Å². The van der Waals surface area contributed by atoms with Gasteiger partial charge in [-0.2, -0.15) is 0 Å². The van der Waals surface area contributed by atoms with Gasteiger partial charge in [-0.25, -0.2) is 4.98 Å². The largest absolute Gasteiger partial charge is 0.381 e. The summed E-state index contributed by atoms with van der Waals surface area (Å²) in [5, 5.41) is 3.24. The Labute approximate surface area is 94.7 Å². The van der Waals surface area contributed by atoms with Crippen LogP contribution in [-0.4, -0.2) is 23.7 Å². The molecule has 0 bridgehead atoms. The summed E-state index contributed by atoms with van der Waals surface area (Å²) in [4.78, 5) is 4.48. The summed E-state index contributed by atoms with van der Waals surface area (Å²) in [7, 11) is 0. The first-order valence-corrected chi connectivity index (χ1v) is 6.34. The Hall–Kier alpha value is -0.450. The number of nitrogens with zero attached hydrogens (tertiary/aromatic N) is 1. The van der Waals surface area contributed by atoms with Gasteiger partial charge in [-0.15, -0.1) is 11.3 Å². The summed E-state index contributed by atoms with van der Waals surface area (Å²) in [5.41, 5.74) is 7.43. The molecule has 1 aromatic heterocycles. The molecule has 1 saturated heterocycles. The molecule has 0 spiro atoms. The van der Waals surface area contributed by atoms with Crippen LogP contribution in [0.2, 0.25) is 0 Å². The van der Waals surface area contributed by atoms with Gasteiger partial charge in [0.1, 0.15) is 0 Å². The molecule has 0 aliphatic carbocycles. The van der Waals surface area contributed by atoms with E-state index in [1.165, 1.54) is 0 Å². The highest BCUT2D eigenvalue weighted by molar-refractivity contribution is 7.09. The Morgan fingerprint density at radius 2 is 2.40 bits per heavy atom. The fourth-order valence-corrected chi connectivity index (χ4v) is 2.67. The van der Waals surface area contributed by atoms with E-state index in [4.69, 9.17) is 10.5 Å². The molecule has 1 atom stereocenters. The molecule has 0 radical (unpaired) electrons. The summed E-state index contributed by atoms with van der Waals surface area (Å²) in [6, 6.07) is 0. The normalized spacial score (nSPS) is 27.6. The maximum absolute atomic E-state index is 6.38. The quantitative estimate of drug-likeness (QED) is 0.837. The van der Waals surface area contributed by atoms with Crippen LogP contribution in [0.4, 0.5) is 0 Å². The number of ether oxygens (including phenoxy) is 1. The molecule has 3 nitrogen and oxygen atoms in total. The molecule has 1 aliphatic rings. The second-order valence-electron chi connectivity index (χ2n) is 4.36. The van der Waals surface area contributed by atoms with Crippen molar-refractivity contribution >= 4 is 11.3 Å². The van der Waals surface area contributed by atoms with Crippen LogP contribution in [0, 0.1) is 6.92 Å². The van der Waals surface area contributed by atoms with Crippen molar-refractivity contribution in [3.05, 3.63) is 16.1 Å². The van der Waals surface area contributed by atoms with Gasteiger partial charge in [0, 0.05) is 30.6 Å². The topological polar surface area (TPSA) is 48.1 Å². The summed E-state index contributed by atoms with van der Waals surface area (Å²) in [5.74, 6) is 0. The van der Waals surface area contributed by atoms with Crippen molar-refractivity contribution in [2.45, 2.75) is 38.1 Å². The highest BCUT2D eigenvalue weighted by Gasteiger charge is 2.27. The molecule has 1 aromatic rings. The zero-order valence-corrected chi connectivity index (χ0v) is 9.98. The predicted octanol–water partition coefficient (Wildman–Crippen LogP) is 1.89. The highest BCUT2D eigenvalue weighted by Crippen LogP contribution is 2.23. The lowest BCUT2D eigenvalue weighted by Gasteiger charge is -2.26. The lowest BCUT2D eigenvalue weighted by atomic mass is 9.87. The summed E-state index contributed by atoms with van der Waals surface area (Å²) < 4.78 is 5.44. The van der Waals surface area contributed by atoms with Crippen molar-refractivity contribution < 1.29 is 4.74 Å². The SMILES string of the molecule is Cc1nc(CC2(N)CCCOCC2)cs1. The zero-order valence-electron chi connectivity index (χ0n) is 9.16. The second kappa shape index (κ2) is 4.60. The Morgan fingerprint density at radius 1 is 1.53 bits per heavy atom. The molecule has 2 N–H and O–H groups in total. The number of nitrogens with two attached hydrogens (primary N) is 1. The maximum Gasteiger partial charge on any atom is 0.0897 e. The summed E-state index contributed by atoms with van der Waals surface area (Å²) in [6.45, 7) is 3.68. The minimum atomic E-state index is -0.100. The molecule has 0 saturated carbocycles. The number of hydrogen-bond donors (Lipinski definition) is 1. The van der Waals surface area contributed by atoms with Crippen molar-refractivity contribution in [3.63, 3.8) is 0 Å². The molecule has 1 fully saturated rings. The second-order valence-corrected chi connectivity index (χ2v) is 5.43. The van der Waals surface area contributed by atoms with Gasteiger partial charge in [0.15, 0.2) is 0 Å². The molecule has 1 aliphatic heterocycles. The third-order valence-electron chi connectivity index (χ3n) is 2.91. The van der Waals surface area contributed by atoms with Gasteiger partial charge in [0.25, 0.3) is 0 Å². The molecule has 84 valence electrons. The van der Waals surface area contributed by atoms with Crippen molar-refractivity contribution in [2.24, 2.45) is 5.73 Å². The zero-order chi connectivity index (χ0) is 10.7. The van der Waals surface area contributed by atoms with Crippen LogP contribution in [0.25, 0.3) is 0 Å². The van der Waals surface area contributed by atoms with E-state index in [2.05, 4.69) is 10.4 Å². The van der Waals surface area contributed by atoms with Crippen LogP contribution in [0.3, 0.4) is 0 Å². The van der Waals surface area contributed by atoms with Crippen molar-refractivity contribution in [1.29, 1.82) is 0 Å². The molecule has 1 unspecified atom stereocenters. The van der Waals surface area contributed by atoms with E-state index in [0.717, 1.165) is 49.6 Å². The lowest BCUT2D eigenvalue weighted by molar-refractivity contribution is 0.139. The van der Waals surface area contributed by atoms with Gasteiger partial charge >= 0.3 is 0 Å². The Bertz CT molecular complexity index is 316. The Morgan fingerprint density at radius 3 is 3.13 bits per heavy atom. The van der Waals surface area contributed by atoms with Gasteiger partial charge in [-0.05, 0) is 26.2 Å². The first-order chi connectivity index (χ1) is 7.18. The molecule has 2 rings (SSSR count). The summed E-state index contributed by atoms with van der Waals surface area (Å²) >= 11 is 1.70. The number of hydrogen-bond acceptors (Lipinski definition) is 4. The van der Waals surface area contributed by atoms with Crippen molar-refractivity contribution in [2.75, 3.05) is 13.2 Å². The van der Waals surface area contributed by atoms with E-state index >= 15 is 0 Å².